The predicted molar refractivity (Wildman–Crippen MR) is 97.2 cm³/mol. The molecule has 3 aromatic rings. The first kappa shape index (κ1) is 17.0. The van der Waals surface area contributed by atoms with Crippen LogP contribution in [0.25, 0.3) is 5.69 Å². The molecule has 0 saturated heterocycles. The summed E-state index contributed by atoms with van der Waals surface area (Å²) >= 11 is 0. The fraction of sp³-hybridized carbons (Fsp3) is 0.263. The van der Waals surface area contributed by atoms with Crippen molar-refractivity contribution in [1.82, 2.24) is 15.0 Å². The van der Waals surface area contributed by atoms with Crippen molar-refractivity contribution in [2.45, 2.75) is 13.0 Å². The normalized spacial score (nSPS) is 11.9. The quantitative estimate of drug-likeness (QED) is 0.637. The minimum absolute atomic E-state index is 0.0201. The van der Waals surface area contributed by atoms with Crippen molar-refractivity contribution < 1.29 is 9.47 Å². The number of nitrogens with one attached hydrogen (secondary N) is 1. The van der Waals surface area contributed by atoms with E-state index >= 15 is 0 Å². The van der Waals surface area contributed by atoms with Crippen LogP contribution in [-0.4, -0.2) is 35.3 Å². The minimum atomic E-state index is 0.0201. The molecule has 1 aromatic heterocycles. The Hall–Kier alpha value is -2.86. The van der Waals surface area contributed by atoms with Gasteiger partial charge in [0.05, 0.1) is 24.5 Å². The molecule has 25 heavy (non-hydrogen) atoms. The summed E-state index contributed by atoms with van der Waals surface area (Å²) in [6.45, 7) is 3.15. The second kappa shape index (κ2) is 8.30. The average molecular weight is 338 g/mol. The van der Waals surface area contributed by atoms with Crippen LogP contribution in [0.15, 0.2) is 60.8 Å². The van der Waals surface area contributed by atoms with Gasteiger partial charge in [-0.15, -0.1) is 5.10 Å². The van der Waals surface area contributed by atoms with Gasteiger partial charge < -0.3 is 14.8 Å². The minimum Gasteiger partial charge on any atom is -0.491 e. The van der Waals surface area contributed by atoms with Crippen molar-refractivity contribution in [3.05, 3.63) is 66.5 Å². The first-order valence-electron chi connectivity index (χ1n) is 8.22. The second-order valence-corrected chi connectivity index (χ2v) is 5.66. The van der Waals surface area contributed by atoms with Crippen molar-refractivity contribution in [3.63, 3.8) is 0 Å². The molecule has 1 unspecified atom stereocenters. The Bertz CT molecular complexity index is 789. The van der Waals surface area contributed by atoms with Crippen LogP contribution in [0.5, 0.6) is 5.75 Å². The maximum atomic E-state index is 5.64. The topological polar surface area (TPSA) is 61.2 Å². The molecule has 1 heterocycles. The molecule has 3 rings (SSSR count). The van der Waals surface area contributed by atoms with E-state index in [1.54, 1.807) is 11.8 Å². The van der Waals surface area contributed by atoms with E-state index in [0.29, 0.717) is 13.2 Å². The number of aromatic nitrogens is 3. The number of benzene rings is 2. The van der Waals surface area contributed by atoms with Crippen LogP contribution in [0.2, 0.25) is 0 Å². The molecule has 0 aliphatic rings. The van der Waals surface area contributed by atoms with Crippen molar-refractivity contribution in [2.75, 3.05) is 25.6 Å². The van der Waals surface area contributed by atoms with Crippen LogP contribution in [-0.2, 0) is 4.74 Å². The highest BCUT2D eigenvalue weighted by atomic mass is 16.5. The first-order valence-corrected chi connectivity index (χ1v) is 8.22. The molecule has 6 nitrogen and oxygen atoms in total. The van der Waals surface area contributed by atoms with Gasteiger partial charge >= 0.3 is 0 Å². The molecule has 0 saturated carbocycles. The van der Waals surface area contributed by atoms with Crippen LogP contribution < -0.4 is 10.1 Å². The zero-order valence-electron chi connectivity index (χ0n) is 14.4. The van der Waals surface area contributed by atoms with Crippen molar-refractivity contribution in [3.8, 4) is 11.4 Å². The first-order chi connectivity index (χ1) is 12.3. The number of para-hydroxylation sites is 1. The highest BCUT2D eigenvalue weighted by Gasteiger charge is 2.11. The van der Waals surface area contributed by atoms with Gasteiger partial charge in [-0.05, 0) is 31.2 Å². The lowest BCUT2D eigenvalue weighted by molar-refractivity contribution is 0.146. The Labute approximate surface area is 147 Å². The maximum Gasteiger partial charge on any atom is 0.121 e. The van der Waals surface area contributed by atoms with Gasteiger partial charge in [-0.25, -0.2) is 4.68 Å². The average Bonchev–Trinajstić information content (AvgIpc) is 3.13. The van der Waals surface area contributed by atoms with Crippen molar-refractivity contribution in [1.29, 1.82) is 0 Å². The zero-order valence-corrected chi connectivity index (χ0v) is 14.4. The number of nitrogens with zero attached hydrogens (tertiary/aromatic N) is 3. The number of anilines is 1. The molecule has 1 N–H and O–H groups in total. The highest BCUT2D eigenvalue weighted by Crippen LogP contribution is 2.22. The number of hydrogen-bond acceptors (Lipinski definition) is 5. The lowest BCUT2D eigenvalue weighted by Crippen LogP contribution is -2.08. The summed E-state index contributed by atoms with van der Waals surface area (Å²) in [6.07, 6.45) is 1.94. The summed E-state index contributed by atoms with van der Waals surface area (Å²) < 4.78 is 12.4. The van der Waals surface area contributed by atoms with E-state index in [1.807, 2.05) is 60.8 Å². The number of methoxy groups -OCH3 is 1. The lowest BCUT2D eigenvalue weighted by Gasteiger charge is -2.14. The van der Waals surface area contributed by atoms with Gasteiger partial charge in [0.1, 0.15) is 18.1 Å². The van der Waals surface area contributed by atoms with Gasteiger partial charge in [0, 0.05) is 18.9 Å². The number of rotatable bonds is 8. The third-order valence-corrected chi connectivity index (χ3v) is 3.75. The van der Waals surface area contributed by atoms with E-state index in [1.165, 1.54) is 0 Å². The maximum absolute atomic E-state index is 5.64. The molecule has 130 valence electrons. The van der Waals surface area contributed by atoms with Crippen molar-refractivity contribution in [2.24, 2.45) is 0 Å². The fourth-order valence-corrected chi connectivity index (χ4v) is 2.42. The van der Waals surface area contributed by atoms with E-state index in [9.17, 15) is 0 Å². The molecular formula is C19H22N4O2. The van der Waals surface area contributed by atoms with Crippen LogP contribution in [0.3, 0.4) is 0 Å². The van der Waals surface area contributed by atoms with Crippen LogP contribution in [0, 0.1) is 0 Å². The smallest absolute Gasteiger partial charge is 0.121 e. The molecule has 0 spiro atoms. The predicted octanol–water partition coefficient (Wildman–Crippen LogP) is 3.47. The Morgan fingerprint density at radius 2 is 1.92 bits per heavy atom. The molecule has 0 bridgehead atoms. The molecule has 1 atom stereocenters. The second-order valence-electron chi connectivity index (χ2n) is 5.66. The van der Waals surface area contributed by atoms with E-state index in [4.69, 9.17) is 9.47 Å². The summed E-state index contributed by atoms with van der Waals surface area (Å²) in [5, 5.41) is 11.9. The molecule has 6 heteroatoms. The van der Waals surface area contributed by atoms with E-state index in [2.05, 4.69) is 22.6 Å². The standard InChI is InChI=1S/C19H22N4O2/c1-15(19-14-23(22-21-19)17-8-4-3-5-9-17)20-16-7-6-10-18(13-16)25-12-11-24-2/h3-10,13-15,20H,11-12H2,1-2H3. The van der Waals surface area contributed by atoms with E-state index in [0.717, 1.165) is 22.8 Å². The Morgan fingerprint density at radius 3 is 2.72 bits per heavy atom. The van der Waals surface area contributed by atoms with Crippen LogP contribution in [0.4, 0.5) is 5.69 Å². The van der Waals surface area contributed by atoms with Gasteiger partial charge in [-0.2, -0.15) is 0 Å². The van der Waals surface area contributed by atoms with Crippen LogP contribution in [0.1, 0.15) is 18.7 Å². The van der Waals surface area contributed by atoms with Gasteiger partial charge in [-0.3, -0.25) is 0 Å². The Morgan fingerprint density at radius 1 is 1.08 bits per heavy atom. The molecular weight excluding hydrogens is 316 g/mol. The molecule has 0 amide bonds. The fourth-order valence-electron chi connectivity index (χ4n) is 2.42. The monoisotopic (exact) mass is 338 g/mol. The Balaban J connectivity index is 1.65. The molecule has 0 radical (unpaired) electrons. The largest absolute Gasteiger partial charge is 0.491 e. The van der Waals surface area contributed by atoms with Crippen molar-refractivity contribution >= 4 is 5.69 Å². The van der Waals surface area contributed by atoms with E-state index < -0.39 is 0 Å². The summed E-state index contributed by atoms with van der Waals surface area (Å²) in [5.74, 6) is 0.808. The summed E-state index contributed by atoms with van der Waals surface area (Å²) in [7, 11) is 1.66. The third-order valence-electron chi connectivity index (χ3n) is 3.75. The molecule has 0 fully saturated rings. The van der Waals surface area contributed by atoms with Gasteiger partial charge in [0.2, 0.25) is 0 Å². The molecule has 2 aromatic carbocycles. The highest BCUT2D eigenvalue weighted by molar-refractivity contribution is 5.49. The number of ether oxygens (including phenoxy) is 2. The molecule has 0 aliphatic heterocycles. The van der Waals surface area contributed by atoms with E-state index in [-0.39, 0.29) is 6.04 Å². The lowest BCUT2D eigenvalue weighted by atomic mass is 10.2. The van der Waals surface area contributed by atoms with Crippen LogP contribution >= 0.6 is 0 Å². The summed E-state index contributed by atoms with van der Waals surface area (Å²) in [6, 6.07) is 17.8. The summed E-state index contributed by atoms with van der Waals surface area (Å²) in [4.78, 5) is 0. The number of hydrogen-bond donors (Lipinski definition) is 1. The van der Waals surface area contributed by atoms with Gasteiger partial charge in [-0.1, -0.05) is 29.5 Å². The SMILES string of the molecule is COCCOc1cccc(NC(C)c2cn(-c3ccccc3)nn2)c1. The summed E-state index contributed by atoms with van der Waals surface area (Å²) in [5.41, 5.74) is 2.83. The van der Waals surface area contributed by atoms with Gasteiger partial charge in [0.25, 0.3) is 0 Å². The third kappa shape index (κ3) is 4.58. The zero-order chi connectivity index (χ0) is 17.5. The Kier molecular flexibility index (Phi) is 5.64. The molecule has 0 aliphatic carbocycles. The van der Waals surface area contributed by atoms with Gasteiger partial charge in [0.15, 0.2) is 0 Å².